The predicted molar refractivity (Wildman–Crippen MR) is 100 cm³/mol. The number of imidazole rings is 1. The summed E-state index contributed by atoms with van der Waals surface area (Å²) in [5.74, 6) is -0.406. The second-order valence-electron chi connectivity index (χ2n) is 6.93. The Morgan fingerprint density at radius 3 is 2.71 bits per heavy atom. The average Bonchev–Trinajstić information content (AvgIpc) is 3.20. The van der Waals surface area contributed by atoms with E-state index in [4.69, 9.17) is 4.74 Å². The number of aromatic nitrogens is 3. The Balaban J connectivity index is 2.15. The number of hydrogen-bond donors (Lipinski definition) is 0. The highest BCUT2D eigenvalue weighted by Gasteiger charge is 2.17. The fourth-order valence-corrected chi connectivity index (χ4v) is 2.84. The summed E-state index contributed by atoms with van der Waals surface area (Å²) in [6.45, 7) is 5.83. The molecule has 0 bridgehead atoms. The summed E-state index contributed by atoms with van der Waals surface area (Å²) in [5, 5.41) is 9.33. The van der Waals surface area contributed by atoms with Crippen LogP contribution in [0.1, 0.15) is 49.6 Å². The molecule has 0 aliphatic heterocycles. The van der Waals surface area contributed by atoms with E-state index in [9.17, 15) is 18.8 Å². The fourth-order valence-electron chi connectivity index (χ4n) is 2.84. The third kappa shape index (κ3) is 5.06. The lowest BCUT2D eigenvalue weighted by molar-refractivity contribution is -0.140. The van der Waals surface area contributed by atoms with Crippen LogP contribution in [-0.4, -0.2) is 20.1 Å². The van der Waals surface area contributed by atoms with Crippen LogP contribution in [-0.2, 0) is 22.7 Å². The van der Waals surface area contributed by atoms with Gasteiger partial charge in [0.05, 0.1) is 0 Å². The number of alkyl halides is 2. The number of halogens is 2. The van der Waals surface area contributed by atoms with Gasteiger partial charge in [0.15, 0.2) is 5.82 Å². The van der Waals surface area contributed by atoms with E-state index in [2.05, 4.69) is 23.4 Å². The second kappa shape index (κ2) is 9.31. The van der Waals surface area contributed by atoms with Crippen LogP contribution in [0, 0.1) is 31.1 Å². The molecule has 0 saturated carbocycles. The van der Waals surface area contributed by atoms with Crippen molar-refractivity contribution in [1.29, 1.82) is 5.26 Å². The van der Waals surface area contributed by atoms with E-state index < -0.39 is 19.1 Å². The molecule has 0 saturated heterocycles. The van der Waals surface area contributed by atoms with Crippen molar-refractivity contribution in [3.63, 3.8) is 0 Å². The summed E-state index contributed by atoms with van der Waals surface area (Å²) in [6.07, 6.45) is 4.78. The maximum atomic E-state index is 12.8. The summed E-state index contributed by atoms with van der Waals surface area (Å²) in [5.41, 5.74) is 2.55. The van der Waals surface area contributed by atoms with Gasteiger partial charge in [0.2, 0.25) is 0 Å². The highest BCUT2D eigenvalue weighted by Crippen LogP contribution is 2.20. The molecule has 0 spiro atoms. The van der Waals surface area contributed by atoms with Crippen molar-refractivity contribution in [3.05, 3.63) is 46.8 Å². The highest BCUT2D eigenvalue weighted by atomic mass is 19.3. The summed E-state index contributed by atoms with van der Waals surface area (Å²) >= 11 is 0. The van der Waals surface area contributed by atoms with Crippen LogP contribution in [0.3, 0.4) is 0 Å². The normalized spacial score (nSPS) is 11.9. The molecule has 0 amide bonds. The molecule has 2 heterocycles. The van der Waals surface area contributed by atoms with E-state index in [0.717, 1.165) is 36.1 Å². The molecule has 0 aliphatic rings. The summed E-state index contributed by atoms with van der Waals surface area (Å²) in [7, 11) is 0. The van der Waals surface area contributed by atoms with Gasteiger partial charge >= 0.3 is 12.5 Å². The summed E-state index contributed by atoms with van der Waals surface area (Å²) in [6, 6.07) is 3.73. The molecule has 0 N–H and O–H groups in total. The molecule has 6 nitrogen and oxygen atoms in total. The number of hydrogen-bond acceptors (Lipinski definition) is 4. The molecule has 28 heavy (non-hydrogen) atoms. The fraction of sp³-hybridized carbons (Fsp3) is 0.450. The Morgan fingerprint density at radius 1 is 1.39 bits per heavy atom. The first-order valence-electron chi connectivity index (χ1n) is 9.00. The third-order valence-electron chi connectivity index (χ3n) is 4.47. The van der Waals surface area contributed by atoms with Gasteiger partial charge in [-0.05, 0) is 43.9 Å². The Hall–Kier alpha value is -2.95. The second-order valence-corrected chi connectivity index (χ2v) is 6.93. The minimum absolute atomic E-state index is 0.0903. The van der Waals surface area contributed by atoms with Crippen molar-refractivity contribution in [1.82, 2.24) is 14.1 Å². The van der Waals surface area contributed by atoms with Crippen LogP contribution in [0.4, 0.5) is 8.78 Å². The lowest BCUT2D eigenvalue weighted by Gasteiger charge is -2.11. The minimum Gasteiger partial charge on any atom is -0.453 e. The van der Waals surface area contributed by atoms with Crippen LogP contribution >= 0.6 is 0 Å². The van der Waals surface area contributed by atoms with E-state index in [1.807, 2.05) is 26.0 Å². The first-order valence-corrected chi connectivity index (χ1v) is 9.00. The predicted octanol–water partition coefficient (Wildman–Crippen LogP) is 4.39. The molecule has 2 aromatic rings. The number of carbonyl (C=O) groups excluding carboxylic acids is 1. The molecule has 2 aromatic heterocycles. The van der Waals surface area contributed by atoms with E-state index in [-0.39, 0.29) is 11.4 Å². The van der Waals surface area contributed by atoms with Gasteiger partial charge in [-0.1, -0.05) is 13.8 Å². The first kappa shape index (κ1) is 21.4. The van der Waals surface area contributed by atoms with E-state index in [1.54, 1.807) is 0 Å². The maximum Gasteiger partial charge on any atom is 0.349 e. The highest BCUT2D eigenvalue weighted by molar-refractivity contribution is 5.98. The maximum absolute atomic E-state index is 12.8. The smallest absolute Gasteiger partial charge is 0.349 e. The van der Waals surface area contributed by atoms with Gasteiger partial charge < -0.3 is 9.30 Å². The van der Waals surface area contributed by atoms with Crippen molar-refractivity contribution in [2.45, 2.75) is 53.8 Å². The van der Waals surface area contributed by atoms with Crippen molar-refractivity contribution in [3.8, 4) is 6.07 Å². The molecule has 0 aliphatic carbocycles. The monoisotopic (exact) mass is 390 g/mol. The van der Waals surface area contributed by atoms with E-state index in [1.165, 1.54) is 12.3 Å². The first-order chi connectivity index (χ1) is 13.2. The quantitative estimate of drug-likeness (QED) is 0.381. The lowest BCUT2D eigenvalue weighted by Crippen LogP contribution is -2.11. The number of ether oxygens (including phenoxy) is 1. The summed E-state index contributed by atoms with van der Waals surface area (Å²) in [4.78, 5) is 16.0. The summed E-state index contributed by atoms with van der Waals surface area (Å²) < 4.78 is 33.4. The molecular weight excluding hydrogens is 366 g/mol. The number of esters is 1. The van der Waals surface area contributed by atoms with Crippen molar-refractivity contribution < 1.29 is 18.3 Å². The van der Waals surface area contributed by atoms with E-state index in [0.29, 0.717) is 10.5 Å². The topological polar surface area (TPSA) is 72.8 Å². The van der Waals surface area contributed by atoms with Crippen LogP contribution in [0.2, 0.25) is 0 Å². The molecular formula is C20H24F2N4O2. The molecule has 2 rings (SSSR count). The minimum atomic E-state index is -2.78. The van der Waals surface area contributed by atoms with Gasteiger partial charge in [-0.15, -0.1) is 0 Å². The van der Waals surface area contributed by atoms with Crippen molar-refractivity contribution in [2.24, 2.45) is 5.92 Å². The molecule has 0 fully saturated rings. The zero-order valence-electron chi connectivity index (χ0n) is 16.4. The zero-order valence-corrected chi connectivity index (χ0v) is 16.4. The number of nitrogens with zero attached hydrogens (tertiary/aromatic N) is 4. The standard InChI is InChI=1S/C20H24F2N4O2/c1-13(2)5-7-25-14(3)9-16(15(25)4)10-17(11-23)19(27)28-12-18-24-6-8-26(18)20(21)22/h6,8-10,13,20H,5,7,12H2,1-4H3/b17-10+. The largest absolute Gasteiger partial charge is 0.453 e. The molecule has 0 radical (unpaired) electrons. The Kier molecular flexibility index (Phi) is 7.10. The Bertz CT molecular complexity index is 904. The zero-order chi connectivity index (χ0) is 20.8. The Morgan fingerprint density at radius 2 is 2.11 bits per heavy atom. The van der Waals surface area contributed by atoms with Gasteiger partial charge in [-0.3, -0.25) is 4.57 Å². The SMILES string of the molecule is Cc1cc(/C=C(\C#N)C(=O)OCc2nccn2C(F)F)c(C)n1CCC(C)C. The number of aryl methyl sites for hydroxylation is 1. The van der Waals surface area contributed by atoms with Gasteiger partial charge in [0, 0.05) is 30.3 Å². The number of rotatable bonds is 8. The lowest BCUT2D eigenvalue weighted by atomic mass is 10.1. The molecule has 0 aromatic carbocycles. The van der Waals surface area contributed by atoms with Crippen molar-refractivity contribution in [2.75, 3.05) is 0 Å². The van der Waals surface area contributed by atoms with Crippen LogP contribution < -0.4 is 0 Å². The van der Waals surface area contributed by atoms with Gasteiger partial charge in [-0.2, -0.15) is 14.0 Å². The Labute approximate surface area is 163 Å². The molecule has 8 heteroatoms. The molecule has 150 valence electrons. The molecule has 0 unspecified atom stereocenters. The van der Waals surface area contributed by atoms with Crippen molar-refractivity contribution >= 4 is 12.0 Å². The third-order valence-corrected chi connectivity index (χ3v) is 4.47. The number of nitriles is 1. The van der Waals surface area contributed by atoms with Crippen LogP contribution in [0.5, 0.6) is 0 Å². The van der Waals surface area contributed by atoms with Gasteiger partial charge in [0.1, 0.15) is 18.2 Å². The van der Waals surface area contributed by atoms with E-state index >= 15 is 0 Å². The van der Waals surface area contributed by atoms with Gasteiger partial charge in [0.25, 0.3) is 0 Å². The van der Waals surface area contributed by atoms with Crippen LogP contribution in [0.15, 0.2) is 24.0 Å². The van der Waals surface area contributed by atoms with Crippen LogP contribution in [0.25, 0.3) is 6.08 Å². The molecule has 0 atom stereocenters. The van der Waals surface area contributed by atoms with Gasteiger partial charge in [-0.25, -0.2) is 9.78 Å². The number of carbonyl (C=O) groups is 1. The average molecular weight is 390 g/mol.